The van der Waals surface area contributed by atoms with Crippen LogP contribution in [0.1, 0.15) is 39.5 Å². The van der Waals surface area contributed by atoms with Crippen molar-refractivity contribution in [1.82, 2.24) is 0 Å². The zero-order valence-electron chi connectivity index (χ0n) is 9.85. The number of hydrogen-bond donors (Lipinski definition) is 2. The Labute approximate surface area is 92.4 Å². The van der Waals surface area contributed by atoms with E-state index in [9.17, 15) is 10.2 Å². The van der Waals surface area contributed by atoms with Crippen LogP contribution in [0.4, 0.5) is 0 Å². The summed E-state index contributed by atoms with van der Waals surface area (Å²) in [5.74, 6) is 0.330. The lowest BCUT2D eigenvalue weighted by molar-refractivity contribution is -0.0845. The van der Waals surface area contributed by atoms with Crippen LogP contribution >= 0.6 is 0 Å². The topological polar surface area (TPSA) is 49.7 Å². The first-order valence-corrected chi connectivity index (χ1v) is 6.14. The Hall–Kier alpha value is -0.120. The molecule has 0 aromatic heterocycles. The van der Waals surface area contributed by atoms with Gasteiger partial charge in [0.2, 0.25) is 0 Å². The van der Waals surface area contributed by atoms with E-state index in [0.29, 0.717) is 6.61 Å². The molecule has 3 unspecified atom stereocenters. The molecule has 1 aliphatic heterocycles. The van der Waals surface area contributed by atoms with E-state index in [-0.39, 0.29) is 11.8 Å². The number of aliphatic hydroxyl groups excluding tert-OH is 2. The Morgan fingerprint density at radius 1 is 1.27 bits per heavy atom. The van der Waals surface area contributed by atoms with E-state index < -0.39 is 12.2 Å². The van der Waals surface area contributed by atoms with Crippen LogP contribution in [0, 0.1) is 11.8 Å². The van der Waals surface area contributed by atoms with Gasteiger partial charge in [0.15, 0.2) is 0 Å². The van der Waals surface area contributed by atoms with Crippen LogP contribution in [0.15, 0.2) is 0 Å². The molecule has 0 aromatic rings. The van der Waals surface area contributed by atoms with Crippen molar-refractivity contribution in [3.63, 3.8) is 0 Å². The molecule has 1 fully saturated rings. The molecule has 1 rings (SSSR count). The third-order valence-corrected chi connectivity index (χ3v) is 3.56. The molecule has 3 heteroatoms. The molecule has 0 amide bonds. The minimum absolute atomic E-state index is 0.120. The maximum Gasteiger partial charge on any atom is 0.0851 e. The SMILES string of the molecule is CCC(CC)C(O)C(O)C1CCCOC1. The van der Waals surface area contributed by atoms with Gasteiger partial charge in [0.25, 0.3) is 0 Å². The summed E-state index contributed by atoms with van der Waals surface area (Å²) < 4.78 is 5.33. The third-order valence-electron chi connectivity index (χ3n) is 3.56. The second-order valence-electron chi connectivity index (χ2n) is 4.53. The minimum atomic E-state index is -0.616. The van der Waals surface area contributed by atoms with Crippen molar-refractivity contribution in [3.8, 4) is 0 Å². The Morgan fingerprint density at radius 3 is 2.40 bits per heavy atom. The van der Waals surface area contributed by atoms with Gasteiger partial charge in [0.05, 0.1) is 18.8 Å². The van der Waals surface area contributed by atoms with Crippen molar-refractivity contribution in [2.24, 2.45) is 11.8 Å². The van der Waals surface area contributed by atoms with E-state index in [1.165, 1.54) is 0 Å². The van der Waals surface area contributed by atoms with E-state index in [4.69, 9.17) is 4.74 Å². The lowest BCUT2D eigenvalue weighted by atomic mass is 9.84. The van der Waals surface area contributed by atoms with Crippen LogP contribution in [-0.4, -0.2) is 35.6 Å². The average molecular weight is 216 g/mol. The van der Waals surface area contributed by atoms with Gasteiger partial charge < -0.3 is 14.9 Å². The Morgan fingerprint density at radius 2 is 1.93 bits per heavy atom. The summed E-state index contributed by atoms with van der Waals surface area (Å²) in [6.07, 6.45) is 2.60. The molecule has 0 spiro atoms. The number of hydrogen-bond acceptors (Lipinski definition) is 3. The highest BCUT2D eigenvalue weighted by Crippen LogP contribution is 2.25. The van der Waals surface area contributed by atoms with Gasteiger partial charge in [-0.15, -0.1) is 0 Å². The normalized spacial score (nSPS) is 26.6. The lowest BCUT2D eigenvalue weighted by Gasteiger charge is -2.32. The minimum Gasteiger partial charge on any atom is -0.390 e. The van der Waals surface area contributed by atoms with Crippen molar-refractivity contribution in [2.45, 2.75) is 51.7 Å². The molecule has 1 heterocycles. The highest BCUT2D eigenvalue weighted by atomic mass is 16.5. The van der Waals surface area contributed by atoms with Gasteiger partial charge in [0.1, 0.15) is 0 Å². The second kappa shape index (κ2) is 6.46. The fourth-order valence-corrected chi connectivity index (χ4v) is 2.36. The van der Waals surface area contributed by atoms with Gasteiger partial charge in [-0.05, 0) is 18.8 Å². The van der Waals surface area contributed by atoms with Crippen LogP contribution in [0.2, 0.25) is 0 Å². The smallest absolute Gasteiger partial charge is 0.0851 e. The maximum atomic E-state index is 10.0. The summed E-state index contributed by atoms with van der Waals surface area (Å²) in [5.41, 5.74) is 0. The molecule has 15 heavy (non-hydrogen) atoms. The first-order valence-electron chi connectivity index (χ1n) is 6.14. The zero-order valence-corrected chi connectivity index (χ0v) is 9.85. The van der Waals surface area contributed by atoms with Crippen LogP contribution in [-0.2, 0) is 4.74 Å². The predicted octanol–water partition coefficient (Wildman–Crippen LogP) is 1.57. The van der Waals surface area contributed by atoms with Crippen molar-refractivity contribution >= 4 is 0 Å². The van der Waals surface area contributed by atoms with E-state index in [1.54, 1.807) is 0 Å². The fourth-order valence-electron chi connectivity index (χ4n) is 2.36. The number of ether oxygens (including phenoxy) is 1. The third kappa shape index (κ3) is 3.44. The number of rotatable bonds is 5. The summed E-state index contributed by atoms with van der Waals surface area (Å²) in [5, 5.41) is 20.1. The highest BCUT2D eigenvalue weighted by molar-refractivity contribution is 4.81. The quantitative estimate of drug-likeness (QED) is 0.733. The van der Waals surface area contributed by atoms with Gasteiger partial charge in [-0.25, -0.2) is 0 Å². The van der Waals surface area contributed by atoms with E-state index >= 15 is 0 Å². The van der Waals surface area contributed by atoms with Crippen molar-refractivity contribution in [1.29, 1.82) is 0 Å². The summed E-state index contributed by atoms with van der Waals surface area (Å²) in [6, 6.07) is 0. The Bertz CT molecular complexity index is 162. The molecule has 1 aliphatic rings. The van der Waals surface area contributed by atoms with Crippen molar-refractivity contribution in [3.05, 3.63) is 0 Å². The van der Waals surface area contributed by atoms with Gasteiger partial charge in [-0.3, -0.25) is 0 Å². The van der Waals surface area contributed by atoms with Gasteiger partial charge in [-0.1, -0.05) is 26.7 Å². The monoisotopic (exact) mass is 216 g/mol. The molecule has 0 aromatic carbocycles. The van der Waals surface area contributed by atoms with E-state index in [2.05, 4.69) is 13.8 Å². The molecular formula is C12H24O3. The summed E-state index contributed by atoms with van der Waals surface area (Å²) in [4.78, 5) is 0. The molecule has 3 nitrogen and oxygen atoms in total. The van der Waals surface area contributed by atoms with E-state index in [1.807, 2.05) is 0 Å². The summed E-state index contributed by atoms with van der Waals surface area (Å²) >= 11 is 0. The van der Waals surface area contributed by atoms with Gasteiger partial charge >= 0.3 is 0 Å². The number of aliphatic hydroxyl groups is 2. The van der Waals surface area contributed by atoms with Crippen LogP contribution in [0.3, 0.4) is 0 Å². The largest absolute Gasteiger partial charge is 0.390 e. The molecule has 0 aliphatic carbocycles. The first kappa shape index (κ1) is 12.9. The maximum absolute atomic E-state index is 10.0. The van der Waals surface area contributed by atoms with Crippen molar-refractivity contribution in [2.75, 3.05) is 13.2 Å². The van der Waals surface area contributed by atoms with Crippen molar-refractivity contribution < 1.29 is 14.9 Å². The molecule has 90 valence electrons. The molecule has 3 atom stereocenters. The molecule has 0 saturated carbocycles. The second-order valence-corrected chi connectivity index (χ2v) is 4.53. The Balaban J connectivity index is 2.45. The van der Waals surface area contributed by atoms with Crippen LogP contribution < -0.4 is 0 Å². The Kier molecular flexibility index (Phi) is 5.58. The van der Waals surface area contributed by atoms with Crippen LogP contribution in [0.25, 0.3) is 0 Å². The molecule has 0 radical (unpaired) electrons. The standard InChI is InChI=1S/C12H24O3/c1-3-9(4-2)11(13)12(14)10-6-5-7-15-8-10/h9-14H,3-8H2,1-2H3. The molecule has 2 N–H and O–H groups in total. The summed E-state index contributed by atoms with van der Waals surface area (Å²) in [6.45, 7) is 5.51. The molecule has 0 bridgehead atoms. The van der Waals surface area contributed by atoms with Crippen LogP contribution in [0.5, 0.6) is 0 Å². The molecule has 1 saturated heterocycles. The lowest BCUT2D eigenvalue weighted by Crippen LogP contribution is -2.41. The zero-order chi connectivity index (χ0) is 11.3. The summed E-state index contributed by atoms with van der Waals surface area (Å²) in [7, 11) is 0. The van der Waals surface area contributed by atoms with Gasteiger partial charge in [0, 0.05) is 12.5 Å². The molecular weight excluding hydrogens is 192 g/mol. The predicted molar refractivity (Wildman–Crippen MR) is 59.6 cm³/mol. The average Bonchev–Trinajstić information content (AvgIpc) is 2.30. The first-order chi connectivity index (χ1) is 7.20. The van der Waals surface area contributed by atoms with E-state index in [0.717, 1.165) is 32.3 Å². The van der Waals surface area contributed by atoms with Gasteiger partial charge in [-0.2, -0.15) is 0 Å². The fraction of sp³-hybridized carbons (Fsp3) is 1.00. The highest BCUT2D eigenvalue weighted by Gasteiger charge is 2.31.